The zero-order chi connectivity index (χ0) is 15.9. The van der Waals surface area contributed by atoms with Gasteiger partial charge in [0.2, 0.25) is 5.91 Å². The normalized spacial score (nSPS) is 18.3. The van der Waals surface area contributed by atoms with E-state index in [0.717, 1.165) is 37.4 Å². The predicted molar refractivity (Wildman–Crippen MR) is 89.3 cm³/mol. The third kappa shape index (κ3) is 4.47. The number of rotatable bonds is 6. The molecule has 1 aliphatic heterocycles. The van der Waals surface area contributed by atoms with Crippen LogP contribution in [0.15, 0.2) is 18.2 Å². The van der Waals surface area contributed by atoms with E-state index in [1.165, 1.54) is 12.0 Å². The summed E-state index contributed by atoms with van der Waals surface area (Å²) < 4.78 is 5.79. The Morgan fingerprint density at radius 2 is 2.23 bits per heavy atom. The smallest absolute Gasteiger partial charge is 0.226 e. The second-order valence-electron chi connectivity index (χ2n) is 6.20. The summed E-state index contributed by atoms with van der Waals surface area (Å²) in [7, 11) is 1.97. The summed E-state index contributed by atoms with van der Waals surface area (Å²) in [4.78, 5) is 14.3. The van der Waals surface area contributed by atoms with Crippen molar-refractivity contribution >= 4 is 5.91 Å². The molecule has 2 rings (SSSR count). The molecule has 0 spiro atoms. The van der Waals surface area contributed by atoms with E-state index in [1.54, 1.807) is 0 Å². The number of benzene rings is 1. The Morgan fingerprint density at radius 1 is 1.41 bits per heavy atom. The number of piperidine rings is 1. The maximum Gasteiger partial charge on any atom is 0.226 e. The van der Waals surface area contributed by atoms with E-state index in [1.807, 2.05) is 24.1 Å². The minimum absolute atomic E-state index is 0.214. The molecule has 22 heavy (non-hydrogen) atoms. The fourth-order valence-corrected chi connectivity index (χ4v) is 3.03. The van der Waals surface area contributed by atoms with Gasteiger partial charge in [0.05, 0.1) is 13.0 Å². The highest BCUT2D eigenvalue weighted by molar-refractivity contribution is 5.76. The van der Waals surface area contributed by atoms with Crippen LogP contribution in [0.1, 0.15) is 30.4 Å². The van der Waals surface area contributed by atoms with Crippen LogP contribution in [-0.4, -0.2) is 44.1 Å². The summed E-state index contributed by atoms with van der Waals surface area (Å²) in [5.41, 5.74) is 2.37. The van der Waals surface area contributed by atoms with Gasteiger partial charge in [0.1, 0.15) is 5.75 Å². The lowest BCUT2D eigenvalue weighted by Gasteiger charge is -2.32. The lowest BCUT2D eigenvalue weighted by molar-refractivity contribution is -0.133. The minimum Gasteiger partial charge on any atom is -0.493 e. The monoisotopic (exact) mass is 304 g/mol. The third-order valence-electron chi connectivity index (χ3n) is 4.49. The molecule has 0 aromatic heterocycles. The van der Waals surface area contributed by atoms with Gasteiger partial charge in [0.15, 0.2) is 0 Å². The van der Waals surface area contributed by atoms with E-state index in [9.17, 15) is 4.79 Å². The van der Waals surface area contributed by atoms with Gasteiger partial charge in [-0.1, -0.05) is 12.1 Å². The van der Waals surface area contributed by atoms with Gasteiger partial charge in [0, 0.05) is 13.1 Å². The molecule has 1 saturated heterocycles. The Kier molecular flexibility index (Phi) is 6.25. The van der Waals surface area contributed by atoms with E-state index in [4.69, 9.17) is 4.74 Å². The average Bonchev–Trinajstić information content (AvgIpc) is 2.52. The number of amides is 1. The third-order valence-corrected chi connectivity index (χ3v) is 4.49. The van der Waals surface area contributed by atoms with Gasteiger partial charge in [-0.15, -0.1) is 0 Å². The van der Waals surface area contributed by atoms with Crippen molar-refractivity contribution in [2.24, 2.45) is 5.92 Å². The molecule has 4 heteroatoms. The Balaban J connectivity index is 1.79. The first-order valence-electron chi connectivity index (χ1n) is 8.23. The molecule has 1 N–H and O–H groups in total. The first kappa shape index (κ1) is 16.8. The van der Waals surface area contributed by atoms with Crippen LogP contribution in [0.3, 0.4) is 0 Å². The minimum atomic E-state index is 0.214. The first-order valence-corrected chi connectivity index (χ1v) is 8.23. The molecule has 0 radical (unpaired) electrons. The zero-order valence-electron chi connectivity index (χ0n) is 14.0. The van der Waals surface area contributed by atoms with Gasteiger partial charge >= 0.3 is 0 Å². The number of aryl methyl sites for hydroxylation is 1. The molecule has 0 saturated carbocycles. The summed E-state index contributed by atoms with van der Waals surface area (Å²) >= 11 is 0. The Labute approximate surface area is 133 Å². The number of ether oxygens (including phenoxy) is 1. The second-order valence-corrected chi connectivity index (χ2v) is 6.20. The van der Waals surface area contributed by atoms with Gasteiger partial charge < -0.3 is 15.0 Å². The van der Waals surface area contributed by atoms with Gasteiger partial charge in [-0.05, 0) is 63.4 Å². The van der Waals surface area contributed by atoms with Crippen LogP contribution in [0, 0.1) is 19.8 Å². The Morgan fingerprint density at radius 3 is 3.00 bits per heavy atom. The quantitative estimate of drug-likeness (QED) is 0.878. The summed E-state index contributed by atoms with van der Waals surface area (Å²) in [6.45, 7) is 7.34. The number of hydrogen-bond donors (Lipinski definition) is 1. The van der Waals surface area contributed by atoms with Crippen molar-refractivity contribution < 1.29 is 9.53 Å². The number of hydrogen-bond acceptors (Lipinski definition) is 3. The number of nitrogens with one attached hydrogen (secondary N) is 1. The number of carbonyl (C=O) groups excluding carboxylic acids is 1. The van der Waals surface area contributed by atoms with Crippen LogP contribution in [0.4, 0.5) is 0 Å². The van der Waals surface area contributed by atoms with Crippen LogP contribution >= 0.6 is 0 Å². The van der Waals surface area contributed by atoms with Gasteiger partial charge in [-0.25, -0.2) is 0 Å². The lowest BCUT2D eigenvalue weighted by Crippen LogP contribution is -2.42. The molecular formula is C18H28N2O2. The predicted octanol–water partition coefficient (Wildman–Crippen LogP) is 2.53. The molecule has 1 fully saturated rings. The zero-order valence-corrected chi connectivity index (χ0v) is 14.0. The van der Waals surface area contributed by atoms with Crippen molar-refractivity contribution in [3.8, 4) is 5.75 Å². The summed E-state index contributed by atoms with van der Waals surface area (Å²) in [5.74, 6) is 1.69. The van der Waals surface area contributed by atoms with E-state index in [0.29, 0.717) is 18.9 Å². The largest absolute Gasteiger partial charge is 0.493 e. The van der Waals surface area contributed by atoms with Crippen molar-refractivity contribution in [2.45, 2.75) is 33.1 Å². The Bertz CT molecular complexity index is 500. The fraction of sp³-hybridized carbons (Fsp3) is 0.611. The summed E-state index contributed by atoms with van der Waals surface area (Å²) in [6.07, 6.45) is 2.78. The highest BCUT2D eigenvalue weighted by atomic mass is 16.5. The second kappa shape index (κ2) is 8.18. The standard InChI is InChI=1S/C18H28N2O2/c1-14-6-4-8-17(15(14)2)22-11-9-18(21)20-10-5-7-16(13-20)12-19-3/h4,6,8,16,19H,5,7,9-13H2,1-3H3. The van der Waals surface area contributed by atoms with E-state index in [2.05, 4.69) is 25.2 Å². The number of carbonyl (C=O) groups is 1. The average molecular weight is 304 g/mol. The summed E-state index contributed by atoms with van der Waals surface area (Å²) in [5, 5.41) is 3.21. The number of nitrogens with zero attached hydrogens (tertiary/aromatic N) is 1. The van der Waals surface area contributed by atoms with E-state index in [-0.39, 0.29) is 5.91 Å². The van der Waals surface area contributed by atoms with Crippen LogP contribution in [0.2, 0.25) is 0 Å². The van der Waals surface area contributed by atoms with Crippen molar-refractivity contribution in [2.75, 3.05) is 33.3 Å². The van der Waals surface area contributed by atoms with Crippen LogP contribution < -0.4 is 10.1 Å². The SMILES string of the molecule is CNCC1CCCN(C(=O)CCOc2cccc(C)c2C)C1. The molecule has 4 nitrogen and oxygen atoms in total. The highest BCUT2D eigenvalue weighted by Gasteiger charge is 2.22. The first-order chi connectivity index (χ1) is 10.6. The van der Waals surface area contributed by atoms with Crippen LogP contribution in [-0.2, 0) is 4.79 Å². The molecule has 1 atom stereocenters. The lowest BCUT2D eigenvalue weighted by atomic mass is 9.98. The van der Waals surface area contributed by atoms with Crippen molar-refractivity contribution in [1.29, 1.82) is 0 Å². The molecule has 0 aliphatic carbocycles. The van der Waals surface area contributed by atoms with Gasteiger partial charge in [-0.2, -0.15) is 0 Å². The molecule has 1 aliphatic rings. The molecule has 1 aromatic rings. The van der Waals surface area contributed by atoms with Gasteiger partial charge in [-0.3, -0.25) is 4.79 Å². The van der Waals surface area contributed by atoms with Crippen molar-refractivity contribution in [3.05, 3.63) is 29.3 Å². The Hall–Kier alpha value is -1.55. The van der Waals surface area contributed by atoms with Crippen LogP contribution in [0.25, 0.3) is 0 Å². The molecule has 122 valence electrons. The highest BCUT2D eigenvalue weighted by Crippen LogP contribution is 2.21. The molecule has 0 bridgehead atoms. The van der Waals surface area contributed by atoms with Crippen LogP contribution in [0.5, 0.6) is 5.75 Å². The topological polar surface area (TPSA) is 41.6 Å². The summed E-state index contributed by atoms with van der Waals surface area (Å²) in [6, 6.07) is 6.03. The maximum atomic E-state index is 12.3. The number of likely N-dealkylation sites (tertiary alicyclic amines) is 1. The van der Waals surface area contributed by atoms with E-state index < -0.39 is 0 Å². The van der Waals surface area contributed by atoms with Crippen molar-refractivity contribution in [1.82, 2.24) is 10.2 Å². The van der Waals surface area contributed by atoms with E-state index >= 15 is 0 Å². The fourth-order valence-electron chi connectivity index (χ4n) is 3.03. The van der Waals surface area contributed by atoms with Gasteiger partial charge in [0.25, 0.3) is 0 Å². The molecule has 1 amide bonds. The molecular weight excluding hydrogens is 276 g/mol. The molecule has 1 heterocycles. The maximum absolute atomic E-state index is 12.3. The molecule has 1 aromatic carbocycles. The van der Waals surface area contributed by atoms with Crippen molar-refractivity contribution in [3.63, 3.8) is 0 Å². The molecule has 1 unspecified atom stereocenters.